The summed E-state index contributed by atoms with van der Waals surface area (Å²) in [6, 6.07) is 7.99. The molecule has 0 aromatic heterocycles. The minimum absolute atomic E-state index is 0.0409. The van der Waals surface area contributed by atoms with E-state index in [0.717, 1.165) is 18.4 Å². The van der Waals surface area contributed by atoms with Crippen LogP contribution in [0.1, 0.15) is 50.5 Å². The standard InChI is InChI=1S/C17H23FN2O/c1-11(12-3-2-4-13(18)8-12)7-17(21)20-16-9-14-5-6-15(10-16)19-14/h2-4,8,11,14-16,19H,5-7,9-10H2,1H3,(H,20,21). The molecule has 0 saturated carbocycles. The van der Waals surface area contributed by atoms with Crippen molar-refractivity contribution in [3.8, 4) is 0 Å². The van der Waals surface area contributed by atoms with Crippen LogP contribution in [0.5, 0.6) is 0 Å². The quantitative estimate of drug-likeness (QED) is 0.895. The van der Waals surface area contributed by atoms with Gasteiger partial charge in [-0.05, 0) is 49.3 Å². The topological polar surface area (TPSA) is 41.1 Å². The van der Waals surface area contributed by atoms with Gasteiger partial charge in [0.15, 0.2) is 0 Å². The van der Waals surface area contributed by atoms with Crippen molar-refractivity contribution in [3.63, 3.8) is 0 Å². The number of halogens is 1. The number of amides is 1. The molecule has 2 bridgehead atoms. The van der Waals surface area contributed by atoms with Gasteiger partial charge in [0.2, 0.25) is 5.91 Å². The summed E-state index contributed by atoms with van der Waals surface area (Å²) >= 11 is 0. The van der Waals surface area contributed by atoms with Gasteiger partial charge in [-0.3, -0.25) is 4.79 Å². The lowest BCUT2D eigenvalue weighted by Crippen LogP contribution is -2.48. The number of carbonyl (C=O) groups is 1. The molecule has 2 aliphatic rings. The Kier molecular flexibility index (Phi) is 4.24. The van der Waals surface area contributed by atoms with Crippen LogP contribution in [0.15, 0.2) is 24.3 Å². The van der Waals surface area contributed by atoms with E-state index in [2.05, 4.69) is 10.6 Å². The number of hydrogen-bond acceptors (Lipinski definition) is 2. The van der Waals surface area contributed by atoms with Crippen LogP contribution in [0, 0.1) is 5.82 Å². The highest BCUT2D eigenvalue weighted by Crippen LogP contribution is 2.27. The molecule has 4 heteroatoms. The number of piperidine rings is 1. The smallest absolute Gasteiger partial charge is 0.220 e. The van der Waals surface area contributed by atoms with Crippen LogP contribution < -0.4 is 10.6 Å². The molecule has 1 amide bonds. The van der Waals surface area contributed by atoms with Crippen molar-refractivity contribution in [3.05, 3.63) is 35.6 Å². The first-order valence-electron chi connectivity index (χ1n) is 7.91. The molecule has 3 rings (SSSR count). The highest BCUT2D eigenvalue weighted by atomic mass is 19.1. The van der Waals surface area contributed by atoms with E-state index in [-0.39, 0.29) is 17.6 Å². The van der Waals surface area contributed by atoms with E-state index in [4.69, 9.17) is 0 Å². The van der Waals surface area contributed by atoms with Gasteiger partial charge in [-0.2, -0.15) is 0 Å². The van der Waals surface area contributed by atoms with E-state index < -0.39 is 0 Å². The average molecular weight is 290 g/mol. The van der Waals surface area contributed by atoms with Crippen LogP contribution in [-0.2, 0) is 4.79 Å². The van der Waals surface area contributed by atoms with Crippen molar-refractivity contribution in [2.45, 2.75) is 63.1 Å². The SMILES string of the molecule is CC(CC(=O)NC1CC2CCC(C1)N2)c1cccc(F)c1. The number of benzene rings is 1. The molecule has 1 aromatic rings. The Balaban J connectivity index is 1.52. The highest BCUT2D eigenvalue weighted by Gasteiger charge is 2.34. The lowest BCUT2D eigenvalue weighted by atomic mass is 9.96. The predicted octanol–water partition coefficient (Wildman–Crippen LogP) is 2.72. The summed E-state index contributed by atoms with van der Waals surface area (Å²) in [4.78, 5) is 12.2. The maximum absolute atomic E-state index is 13.2. The third-order valence-electron chi connectivity index (χ3n) is 4.75. The van der Waals surface area contributed by atoms with Gasteiger partial charge >= 0.3 is 0 Å². The van der Waals surface area contributed by atoms with Crippen molar-refractivity contribution in [2.75, 3.05) is 0 Å². The first-order chi connectivity index (χ1) is 10.1. The molecule has 1 aromatic carbocycles. The zero-order valence-corrected chi connectivity index (χ0v) is 12.4. The Morgan fingerprint density at radius 2 is 2.10 bits per heavy atom. The van der Waals surface area contributed by atoms with E-state index in [9.17, 15) is 9.18 Å². The van der Waals surface area contributed by atoms with Gasteiger partial charge in [-0.25, -0.2) is 4.39 Å². The fourth-order valence-electron chi connectivity index (χ4n) is 3.67. The predicted molar refractivity (Wildman–Crippen MR) is 80.5 cm³/mol. The summed E-state index contributed by atoms with van der Waals surface area (Å²) in [5, 5.41) is 6.74. The first-order valence-corrected chi connectivity index (χ1v) is 7.91. The van der Waals surface area contributed by atoms with Gasteiger partial charge < -0.3 is 10.6 Å². The summed E-state index contributed by atoms with van der Waals surface area (Å²) < 4.78 is 13.2. The molecular formula is C17H23FN2O. The Hall–Kier alpha value is -1.42. The summed E-state index contributed by atoms with van der Waals surface area (Å²) in [5.74, 6) is -0.119. The van der Waals surface area contributed by atoms with Gasteiger partial charge in [-0.1, -0.05) is 19.1 Å². The highest BCUT2D eigenvalue weighted by molar-refractivity contribution is 5.77. The molecule has 2 heterocycles. The van der Waals surface area contributed by atoms with Crippen LogP contribution in [0.4, 0.5) is 4.39 Å². The van der Waals surface area contributed by atoms with Gasteiger partial charge in [0, 0.05) is 24.5 Å². The van der Waals surface area contributed by atoms with E-state index in [1.54, 1.807) is 6.07 Å². The second-order valence-corrected chi connectivity index (χ2v) is 6.53. The molecule has 21 heavy (non-hydrogen) atoms. The third kappa shape index (κ3) is 3.62. The number of hydrogen-bond donors (Lipinski definition) is 2. The molecule has 0 spiro atoms. The van der Waals surface area contributed by atoms with E-state index in [1.165, 1.54) is 25.0 Å². The zero-order chi connectivity index (χ0) is 14.8. The summed E-state index contributed by atoms with van der Waals surface area (Å²) in [7, 11) is 0. The second kappa shape index (κ2) is 6.14. The molecule has 0 radical (unpaired) electrons. The molecule has 114 valence electrons. The fraction of sp³-hybridized carbons (Fsp3) is 0.588. The average Bonchev–Trinajstić information content (AvgIpc) is 2.77. The lowest BCUT2D eigenvalue weighted by molar-refractivity contribution is -0.122. The molecule has 2 aliphatic heterocycles. The first kappa shape index (κ1) is 14.5. The Labute approximate surface area is 125 Å². The van der Waals surface area contributed by atoms with Crippen molar-refractivity contribution in [2.24, 2.45) is 0 Å². The molecule has 0 aliphatic carbocycles. The summed E-state index contributed by atoms with van der Waals surface area (Å²) in [6.45, 7) is 1.97. The number of fused-ring (bicyclic) bond motifs is 2. The number of carbonyl (C=O) groups excluding carboxylic acids is 1. The molecule has 3 unspecified atom stereocenters. The largest absolute Gasteiger partial charge is 0.353 e. The Morgan fingerprint density at radius 3 is 2.76 bits per heavy atom. The molecule has 3 atom stereocenters. The van der Waals surface area contributed by atoms with E-state index in [0.29, 0.717) is 24.5 Å². The van der Waals surface area contributed by atoms with Gasteiger partial charge in [-0.15, -0.1) is 0 Å². The molecular weight excluding hydrogens is 267 g/mol. The van der Waals surface area contributed by atoms with Gasteiger partial charge in [0.05, 0.1) is 0 Å². The van der Waals surface area contributed by atoms with Crippen LogP contribution in [-0.4, -0.2) is 24.0 Å². The van der Waals surface area contributed by atoms with E-state index in [1.807, 2.05) is 13.0 Å². The normalized spacial score (nSPS) is 29.1. The van der Waals surface area contributed by atoms with Crippen LogP contribution >= 0.6 is 0 Å². The lowest BCUT2D eigenvalue weighted by Gasteiger charge is -2.30. The van der Waals surface area contributed by atoms with Gasteiger partial charge in [0.25, 0.3) is 0 Å². The molecule has 2 fully saturated rings. The second-order valence-electron chi connectivity index (χ2n) is 6.53. The molecule has 2 N–H and O–H groups in total. The van der Waals surface area contributed by atoms with Crippen molar-refractivity contribution < 1.29 is 9.18 Å². The van der Waals surface area contributed by atoms with Crippen molar-refractivity contribution in [1.29, 1.82) is 0 Å². The van der Waals surface area contributed by atoms with E-state index >= 15 is 0 Å². The van der Waals surface area contributed by atoms with Crippen LogP contribution in [0.3, 0.4) is 0 Å². The van der Waals surface area contributed by atoms with Crippen LogP contribution in [0.2, 0.25) is 0 Å². The van der Waals surface area contributed by atoms with Crippen molar-refractivity contribution >= 4 is 5.91 Å². The monoisotopic (exact) mass is 290 g/mol. The minimum atomic E-state index is -0.241. The number of nitrogens with one attached hydrogen (secondary N) is 2. The van der Waals surface area contributed by atoms with Crippen LogP contribution in [0.25, 0.3) is 0 Å². The summed E-state index contributed by atoms with van der Waals surface area (Å²) in [5.41, 5.74) is 0.885. The minimum Gasteiger partial charge on any atom is -0.353 e. The van der Waals surface area contributed by atoms with Crippen molar-refractivity contribution in [1.82, 2.24) is 10.6 Å². The fourth-order valence-corrected chi connectivity index (χ4v) is 3.67. The van der Waals surface area contributed by atoms with Gasteiger partial charge in [0.1, 0.15) is 5.82 Å². The maximum Gasteiger partial charge on any atom is 0.220 e. The Morgan fingerprint density at radius 1 is 1.38 bits per heavy atom. The molecule has 2 saturated heterocycles. The third-order valence-corrected chi connectivity index (χ3v) is 4.75. The summed E-state index contributed by atoms with van der Waals surface area (Å²) in [6.07, 6.45) is 4.96. The molecule has 3 nitrogen and oxygen atoms in total. The Bertz CT molecular complexity index is 507. The maximum atomic E-state index is 13.2. The zero-order valence-electron chi connectivity index (χ0n) is 12.4. The number of rotatable bonds is 4.